The summed E-state index contributed by atoms with van der Waals surface area (Å²) in [5.74, 6) is 0.195. The van der Waals surface area contributed by atoms with Gasteiger partial charge in [-0.2, -0.15) is 4.98 Å². The second-order valence-electron chi connectivity index (χ2n) is 7.86. The van der Waals surface area contributed by atoms with E-state index in [-0.39, 0.29) is 23.9 Å². The van der Waals surface area contributed by atoms with E-state index in [0.29, 0.717) is 11.7 Å². The third kappa shape index (κ3) is 3.60. The molecule has 3 heterocycles. The molecule has 0 saturated carbocycles. The lowest BCUT2D eigenvalue weighted by atomic mass is 9.96. The number of amides is 3. The van der Waals surface area contributed by atoms with Crippen molar-refractivity contribution < 1.29 is 14.1 Å². The Kier molecular flexibility index (Phi) is 5.30. The lowest BCUT2D eigenvalue weighted by molar-refractivity contribution is -0.133. The van der Waals surface area contributed by atoms with Gasteiger partial charge in [-0.05, 0) is 30.0 Å². The number of imide groups is 1. The molecule has 1 aromatic heterocycles. The van der Waals surface area contributed by atoms with Gasteiger partial charge in [0, 0.05) is 5.56 Å². The maximum absolute atomic E-state index is 13.2. The van der Waals surface area contributed by atoms with Crippen LogP contribution in [0.3, 0.4) is 0 Å². The molecular formula is C24H22N4O3S. The van der Waals surface area contributed by atoms with E-state index < -0.39 is 5.92 Å². The van der Waals surface area contributed by atoms with Crippen molar-refractivity contribution in [2.75, 3.05) is 0 Å². The van der Waals surface area contributed by atoms with E-state index in [4.69, 9.17) is 4.52 Å². The van der Waals surface area contributed by atoms with Crippen LogP contribution in [-0.2, 0) is 17.8 Å². The highest BCUT2D eigenvalue weighted by Crippen LogP contribution is 2.48. The second kappa shape index (κ2) is 8.27. The van der Waals surface area contributed by atoms with Crippen molar-refractivity contribution in [2.24, 2.45) is 5.92 Å². The maximum atomic E-state index is 13.2. The van der Waals surface area contributed by atoms with Crippen molar-refractivity contribution in [3.05, 3.63) is 77.2 Å². The Morgan fingerprint density at radius 2 is 1.81 bits per heavy atom. The average Bonchev–Trinajstić information content (AvgIpc) is 3.42. The average molecular weight is 447 g/mol. The molecule has 0 bridgehead atoms. The van der Waals surface area contributed by atoms with Gasteiger partial charge in [-0.3, -0.25) is 9.69 Å². The van der Waals surface area contributed by atoms with Crippen LogP contribution in [0.1, 0.15) is 30.9 Å². The molecule has 2 aliphatic heterocycles. The van der Waals surface area contributed by atoms with Crippen molar-refractivity contribution in [1.82, 2.24) is 20.4 Å². The van der Waals surface area contributed by atoms with E-state index in [9.17, 15) is 9.59 Å². The number of benzene rings is 2. The van der Waals surface area contributed by atoms with Crippen LogP contribution in [0.4, 0.5) is 4.79 Å². The van der Waals surface area contributed by atoms with Crippen molar-refractivity contribution >= 4 is 28.6 Å². The molecule has 3 amide bonds. The van der Waals surface area contributed by atoms with Crippen molar-refractivity contribution in [3.63, 3.8) is 0 Å². The fraction of sp³-hybridized carbons (Fsp3) is 0.250. The first-order valence-corrected chi connectivity index (χ1v) is 11.4. The number of nitrogens with zero attached hydrogens (tertiary/aromatic N) is 3. The lowest BCUT2D eigenvalue weighted by Crippen LogP contribution is -2.57. The van der Waals surface area contributed by atoms with Gasteiger partial charge in [0.1, 0.15) is 0 Å². The zero-order valence-corrected chi connectivity index (χ0v) is 18.6. The highest BCUT2D eigenvalue weighted by molar-refractivity contribution is 8.09. The second-order valence-corrected chi connectivity index (χ2v) is 9.01. The number of carbonyl (C=O) groups excluding carboxylic acids is 2. The number of aryl methyl sites for hydroxylation is 1. The number of hydrogen-bond donors (Lipinski definition) is 1. The SMILES string of the molecule is CCc1ccc(-c2noc(C3=C(C)C4C(=O)N(Cc5ccccc5)C(=O)NC4S3)n2)cc1. The smallest absolute Gasteiger partial charge is 0.325 e. The van der Waals surface area contributed by atoms with Crippen LogP contribution in [0.5, 0.6) is 0 Å². The minimum absolute atomic E-state index is 0.211. The Hall–Kier alpha value is -3.39. The first kappa shape index (κ1) is 20.5. The molecular weight excluding hydrogens is 424 g/mol. The van der Waals surface area contributed by atoms with Crippen LogP contribution >= 0.6 is 11.8 Å². The van der Waals surface area contributed by atoms with Gasteiger partial charge in [0.15, 0.2) is 0 Å². The molecule has 5 rings (SSSR count). The maximum Gasteiger partial charge on any atom is 0.325 e. The highest BCUT2D eigenvalue weighted by atomic mass is 32.2. The Morgan fingerprint density at radius 3 is 2.53 bits per heavy atom. The first-order chi connectivity index (χ1) is 15.5. The van der Waals surface area contributed by atoms with Crippen LogP contribution in [0, 0.1) is 5.92 Å². The summed E-state index contributed by atoms with van der Waals surface area (Å²) in [7, 11) is 0. The summed E-state index contributed by atoms with van der Waals surface area (Å²) in [5.41, 5.74) is 3.84. The summed E-state index contributed by atoms with van der Waals surface area (Å²) >= 11 is 1.39. The number of urea groups is 1. The number of aromatic nitrogens is 2. The van der Waals surface area contributed by atoms with Crippen LogP contribution in [0.15, 0.2) is 64.7 Å². The zero-order valence-electron chi connectivity index (χ0n) is 17.7. The number of hydrogen-bond acceptors (Lipinski definition) is 6. The van der Waals surface area contributed by atoms with Crippen LogP contribution in [0.2, 0.25) is 0 Å². The Morgan fingerprint density at radius 1 is 1.06 bits per heavy atom. The van der Waals surface area contributed by atoms with Crippen molar-refractivity contribution in [3.8, 4) is 11.4 Å². The summed E-state index contributed by atoms with van der Waals surface area (Å²) in [6.45, 7) is 4.23. The number of carbonyl (C=O) groups is 2. The predicted octanol–water partition coefficient (Wildman–Crippen LogP) is 4.47. The molecule has 162 valence electrons. The van der Waals surface area contributed by atoms with Gasteiger partial charge in [0.2, 0.25) is 11.7 Å². The molecule has 2 aliphatic rings. The molecule has 1 N–H and O–H groups in total. The molecule has 7 nitrogen and oxygen atoms in total. The van der Waals surface area contributed by atoms with E-state index in [1.165, 1.54) is 22.2 Å². The van der Waals surface area contributed by atoms with E-state index in [2.05, 4.69) is 22.4 Å². The molecule has 2 aromatic carbocycles. The van der Waals surface area contributed by atoms with Crippen molar-refractivity contribution in [2.45, 2.75) is 32.2 Å². The fourth-order valence-electron chi connectivity index (χ4n) is 4.01. The largest absolute Gasteiger partial charge is 0.333 e. The van der Waals surface area contributed by atoms with Gasteiger partial charge in [-0.15, -0.1) is 0 Å². The Balaban J connectivity index is 1.40. The zero-order chi connectivity index (χ0) is 22.2. The molecule has 0 radical (unpaired) electrons. The van der Waals surface area contributed by atoms with E-state index in [0.717, 1.165) is 28.0 Å². The fourth-order valence-corrected chi connectivity index (χ4v) is 5.38. The Labute approximate surface area is 189 Å². The lowest BCUT2D eigenvalue weighted by Gasteiger charge is -2.34. The molecule has 8 heteroatoms. The standard InChI is InChI=1S/C24H22N4O3S/c1-3-15-9-11-17(12-10-15)20-25-21(31-27-20)19-14(2)18-22(32-19)26-24(30)28(23(18)29)13-16-7-5-4-6-8-16/h4-12,18,22H,3,13H2,1-2H3,(H,26,30). The minimum atomic E-state index is -0.462. The molecule has 0 aliphatic carbocycles. The van der Waals surface area contributed by atoms with E-state index >= 15 is 0 Å². The normalized spacial score (nSPS) is 20.5. The quantitative estimate of drug-likeness (QED) is 0.622. The predicted molar refractivity (Wildman–Crippen MR) is 122 cm³/mol. The minimum Gasteiger partial charge on any atom is -0.333 e. The van der Waals surface area contributed by atoms with Crippen molar-refractivity contribution in [1.29, 1.82) is 0 Å². The third-order valence-electron chi connectivity index (χ3n) is 5.84. The monoisotopic (exact) mass is 446 g/mol. The van der Waals surface area contributed by atoms with Gasteiger partial charge in [-0.25, -0.2) is 4.79 Å². The van der Waals surface area contributed by atoms with Gasteiger partial charge < -0.3 is 9.84 Å². The topological polar surface area (TPSA) is 88.3 Å². The molecule has 1 fully saturated rings. The third-order valence-corrected chi connectivity index (χ3v) is 7.22. The van der Waals surface area contributed by atoms with E-state index in [1.54, 1.807) is 0 Å². The molecule has 32 heavy (non-hydrogen) atoms. The summed E-state index contributed by atoms with van der Waals surface area (Å²) in [6, 6.07) is 17.1. The number of rotatable bonds is 5. The van der Waals surface area contributed by atoms with Crippen LogP contribution < -0.4 is 5.32 Å². The summed E-state index contributed by atoms with van der Waals surface area (Å²) < 4.78 is 5.54. The van der Waals surface area contributed by atoms with Gasteiger partial charge >= 0.3 is 6.03 Å². The van der Waals surface area contributed by atoms with Gasteiger partial charge in [0.05, 0.1) is 22.7 Å². The molecule has 0 spiro atoms. The molecule has 2 atom stereocenters. The number of fused-ring (bicyclic) bond motifs is 1. The molecule has 2 unspecified atom stereocenters. The number of nitrogens with one attached hydrogen (secondary N) is 1. The molecule has 1 saturated heterocycles. The van der Waals surface area contributed by atoms with E-state index in [1.807, 2.05) is 61.5 Å². The summed E-state index contributed by atoms with van der Waals surface area (Å²) in [4.78, 5) is 32.5. The highest BCUT2D eigenvalue weighted by Gasteiger charge is 2.48. The summed E-state index contributed by atoms with van der Waals surface area (Å²) in [5, 5.41) is 6.71. The molecule has 3 aromatic rings. The summed E-state index contributed by atoms with van der Waals surface area (Å²) in [6.07, 6.45) is 0.963. The van der Waals surface area contributed by atoms with Crippen LogP contribution in [-0.4, -0.2) is 32.4 Å². The van der Waals surface area contributed by atoms with Crippen LogP contribution in [0.25, 0.3) is 16.3 Å². The Bertz CT molecular complexity index is 1200. The first-order valence-electron chi connectivity index (χ1n) is 10.5. The van der Waals surface area contributed by atoms with Gasteiger partial charge in [0.25, 0.3) is 5.89 Å². The number of thioether (sulfide) groups is 1. The van der Waals surface area contributed by atoms with Gasteiger partial charge in [-0.1, -0.05) is 78.4 Å².